The van der Waals surface area contributed by atoms with Gasteiger partial charge in [0.1, 0.15) is 0 Å². The molecule has 0 saturated heterocycles. The van der Waals surface area contributed by atoms with Crippen molar-refractivity contribution >= 4 is 34.2 Å². The number of halogens is 1. The van der Waals surface area contributed by atoms with Crippen LogP contribution in [0.2, 0.25) is 5.22 Å². The highest BCUT2D eigenvalue weighted by atomic mass is 35.5. The van der Waals surface area contributed by atoms with Crippen molar-refractivity contribution in [2.24, 2.45) is 7.05 Å². The molecule has 3 heterocycles. The molecule has 6 nitrogen and oxygen atoms in total. The molecule has 19 heavy (non-hydrogen) atoms. The van der Waals surface area contributed by atoms with E-state index < -0.39 is 0 Å². The van der Waals surface area contributed by atoms with Gasteiger partial charge in [-0.2, -0.15) is 5.10 Å². The lowest BCUT2D eigenvalue weighted by Gasteiger charge is -2.04. The van der Waals surface area contributed by atoms with Crippen LogP contribution in [-0.4, -0.2) is 20.7 Å². The Hall–Kier alpha value is -2.34. The Labute approximate surface area is 113 Å². The molecule has 0 aliphatic carbocycles. The van der Waals surface area contributed by atoms with Gasteiger partial charge in [-0.3, -0.25) is 9.48 Å². The molecule has 0 aromatic carbocycles. The van der Waals surface area contributed by atoms with Crippen molar-refractivity contribution in [2.45, 2.75) is 0 Å². The highest BCUT2D eigenvalue weighted by Gasteiger charge is 2.15. The lowest BCUT2D eigenvalue weighted by atomic mass is 10.2. The van der Waals surface area contributed by atoms with Gasteiger partial charge in [-0.05, 0) is 23.7 Å². The first-order valence-electron chi connectivity index (χ1n) is 5.48. The molecule has 0 unspecified atom stereocenters. The number of hydrogen-bond acceptors (Lipinski definition) is 4. The number of nitrogens with zero attached hydrogens (tertiary/aromatic N) is 3. The van der Waals surface area contributed by atoms with E-state index in [1.807, 2.05) is 0 Å². The second-order valence-electron chi connectivity index (χ2n) is 3.93. The number of aryl methyl sites for hydroxylation is 1. The Morgan fingerprint density at radius 1 is 1.47 bits per heavy atom. The van der Waals surface area contributed by atoms with E-state index in [2.05, 4.69) is 15.4 Å². The van der Waals surface area contributed by atoms with Crippen molar-refractivity contribution in [1.29, 1.82) is 0 Å². The van der Waals surface area contributed by atoms with Gasteiger partial charge in [-0.15, -0.1) is 0 Å². The van der Waals surface area contributed by atoms with Crippen LogP contribution in [0.15, 0.2) is 35.2 Å². The molecular formula is C12H9ClN4O2. The molecule has 0 fully saturated rings. The molecule has 3 rings (SSSR count). The van der Waals surface area contributed by atoms with Gasteiger partial charge >= 0.3 is 0 Å². The van der Waals surface area contributed by atoms with Crippen LogP contribution in [-0.2, 0) is 7.05 Å². The lowest BCUT2D eigenvalue weighted by molar-refractivity contribution is 0.102. The van der Waals surface area contributed by atoms with E-state index in [0.717, 1.165) is 5.39 Å². The highest BCUT2D eigenvalue weighted by Crippen LogP contribution is 2.23. The van der Waals surface area contributed by atoms with E-state index in [0.29, 0.717) is 11.3 Å². The van der Waals surface area contributed by atoms with Crippen LogP contribution >= 0.6 is 11.6 Å². The van der Waals surface area contributed by atoms with E-state index in [4.69, 9.17) is 16.0 Å². The van der Waals surface area contributed by atoms with E-state index in [-0.39, 0.29) is 16.7 Å². The Kier molecular flexibility index (Phi) is 2.72. The van der Waals surface area contributed by atoms with Gasteiger partial charge in [0.25, 0.3) is 5.91 Å². The van der Waals surface area contributed by atoms with Crippen LogP contribution < -0.4 is 5.32 Å². The van der Waals surface area contributed by atoms with Gasteiger partial charge in [-0.1, -0.05) is 0 Å². The van der Waals surface area contributed by atoms with Gasteiger partial charge in [-0.25, -0.2) is 4.98 Å². The number of nitrogens with one attached hydrogen (secondary N) is 1. The molecular weight excluding hydrogens is 268 g/mol. The zero-order valence-electron chi connectivity index (χ0n) is 9.92. The number of aromatic nitrogens is 3. The predicted octanol–water partition coefficient (Wildman–Crippen LogP) is 2.47. The average molecular weight is 277 g/mol. The molecule has 0 saturated carbocycles. The minimum absolute atomic E-state index is 0.0639. The molecule has 0 atom stereocenters. The van der Waals surface area contributed by atoms with Gasteiger partial charge in [0.05, 0.1) is 29.1 Å². The number of amides is 1. The third-order valence-electron chi connectivity index (χ3n) is 2.75. The number of carbonyl (C=O) groups is 1. The first-order chi connectivity index (χ1) is 9.16. The fourth-order valence-electron chi connectivity index (χ4n) is 1.80. The summed E-state index contributed by atoms with van der Waals surface area (Å²) in [6.07, 6.45) is 4.62. The van der Waals surface area contributed by atoms with E-state index in [9.17, 15) is 4.79 Å². The zero-order chi connectivity index (χ0) is 13.4. The molecule has 0 bridgehead atoms. The maximum atomic E-state index is 12.0. The third kappa shape index (κ3) is 1.96. The Bertz CT molecular complexity index is 762. The monoisotopic (exact) mass is 276 g/mol. The fraction of sp³-hybridized carbons (Fsp3) is 0.0833. The van der Waals surface area contributed by atoms with E-state index in [1.54, 1.807) is 30.2 Å². The van der Waals surface area contributed by atoms with Crippen molar-refractivity contribution in [3.05, 3.63) is 41.6 Å². The summed E-state index contributed by atoms with van der Waals surface area (Å²) >= 11 is 5.77. The SMILES string of the molecule is Cn1ncc2c(NC(=O)c3ccoc3Cl)ccnc21. The number of hydrogen-bond donors (Lipinski definition) is 1. The molecule has 3 aromatic heterocycles. The molecule has 0 aliphatic rings. The summed E-state index contributed by atoms with van der Waals surface area (Å²) in [5.41, 5.74) is 1.60. The minimum Gasteiger partial charge on any atom is -0.452 e. The molecule has 7 heteroatoms. The van der Waals surface area contributed by atoms with Crippen LogP contribution in [0.5, 0.6) is 0 Å². The molecule has 96 valence electrons. The van der Waals surface area contributed by atoms with Gasteiger partial charge in [0.2, 0.25) is 5.22 Å². The average Bonchev–Trinajstić information content (AvgIpc) is 2.97. The summed E-state index contributed by atoms with van der Waals surface area (Å²) in [4.78, 5) is 16.2. The molecule has 1 N–H and O–H groups in total. The number of anilines is 1. The topological polar surface area (TPSA) is 73.0 Å². The maximum Gasteiger partial charge on any atom is 0.260 e. The number of furan rings is 1. The van der Waals surface area contributed by atoms with Gasteiger partial charge in [0.15, 0.2) is 5.65 Å². The van der Waals surface area contributed by atoms with Crippen molar-refractivity contribution in [3.63, 3.8) is 0 Å². The molecule has 0 spiro atoms. The first kappa shape index (κ1) is 11.7. The second-order valence-corrected chi connectivity index (χ2v) is 4.27. The zero-order valence-corrected chi connectivity index (χ0v) is 10.7. The van der Waals surface area contributed by atoms with Crippen molar-refractivity contribution in [2.75, 3.05) is 5.32 Å². The summed E-state index contributed by atoms with van der Waals surface area (Å²) in [7, 11) is 1.79. The summed E-state index contributed by atoms with van der Waals surface area (Å²) < 4.78 is 6.53. The minimum atomic E-state index is -0.338. The second kappa shape index (κ2) is 4.40. The van der Waals surface area contributed by atoms with Gasteiger partial charge < -0.3 is 9.73 Å². The van der Waals surface area contributed by atoms with E-state index >= 15 is 0 Å². The number of fused-ring (bicyclic) bond motifs is 1. The largest absolute Gasteiger partial charge is 0.452 e. The summed E-state index contributed by atoms with van der Waals surface area (Å²) in [6.45, 7) is 0. The summed E-state index contributed by atoms with van der Waals surface area (Å²) in [5.74, 6) is -0.338. The molecule has 0 aliphatic heterocycles. The number of pyridine rings is 1. The summed E-state index contributed by atoms with van der Waals surface area (Å²) in [6, 6.07) is 3.22. The highest BCUT2D eigenvalue weighted by molar-refractivity contribution is 6.32. The molecule has 0 radical (unpaired) electrons. The normalized spacial score (nSPS) is 10.8. The third-order valence-corrected chi connectivity index (χ3v) is 3.04. The van der Waals surface area contributed by atoms with Crippen LogP contribution in [0.4, 0.5) is 5.69 Å². The van der Waals surface area contributed by atoms with Crippen LogP contribution in [0.25, 0.3) is 11.0 Å². The quantitative estimate of drug-likeness (QED) is 0.780. The van der Waals surface area contributed by atoms with E-state index in [1.165, 1.54) is 12.3 Å². The van der Waals surface area contributed by atoms with Crippen LogP contribution in [0.1, 0.15) is 10.4 Å². The van der Waals surface area contributed by atoms with Crippen LogP contribution in [0.3, 0.4) is 0 Å². The van der Waals surface area contributed by atoms with Crippen molar-refractivity contribution < 1.29 is 9.21 Å². The smallest absolute Gasteiger partial charge is 0.260 e. The van der Waals surface area contributed by atoms with Gasteiger partial charge in [0, 0.05) is 13.2 Å². The fourth-order valence-corrected chi connectivity index (χ4v) is 2.00. The van der Waals surface area contributed by atoms with Crippen LogP contribution in [0, 0.1) is 0 Å². The Morgan fingerprint density at radius 2 is 2.32 bits per heavy atom. The number of rotatable bonds is 2. The molecule has 3 aromatic rings. The molecule has 1 amide bonds. The van der Waals surface area contributed by atoms with Crippen molar-refractivity contribution in [3.8, 4) is 0 Å². The Balaban J connectivity index is 1.98. The standard InChI is InChI=1S/C12H9ClN4O2/c1-17-11-8(6-15-17)9(2-4-14-11)16-12(18)7-3-5-19-10(7)13/h2-6H,1H3,(H,14,16,18). The lowest BCUT2D eigenvalue weighted by Crippen LogP contribution is -2.11. The number of carbonyl (C=O) groups excluding carboxylic acids is 1. The van der Waals surface area contributed by atoms with Crippen molar-refractivity contribution in [1.82, 2.24) is 14.8 Å². The maximum absolute atomic E-state index is 12.0. The Morgan fingerprint density at radius 3 is 3.05 bits per heavy atom. The summed E-state index contributed by atoms with van der Waals surface area (Å²) in [5, 5.41) is 7.69. The first-order valence-corrected chi connectivity index (χ1v) is 5.85. The predicted molar refractivity (Wildman–Crippen MR) is 70.2 cm³/mol.